The molecular formula is C10H15BrN4. The van der Waals surface area contributed by atoms with Gasteiger partial charge in [0.15, 0.2) is 0 Å². The third-order valence-corrected chi connectivity index (χ3v) is 3.94. The Balaban J connectivity index is 1.94. The van der Waals surface area contributed by atoms with Crippen molar-refractivity contribution in [2.75, 3.05) is 26.7 Å². The number of hydrogen-bond acceptors (Lipinski definition) is 3. The number of nitrogens with one attached hydrogen (secondary N) is 1. The van der Waals surface area contributed by atoms with Crippen LogP contribution in [0.4, 0.5) is 0 Å². The summed E-state index contributed by atoms with van der Waals surface area (Å²) in [5, 5.41) is 8.00. The smallest absolute Gasteiger partial charge is 0.132 e. The van der Waals surface area contributed by atoms with Crippen LogP contribution in [0, 0.1) is 0 Å². The summed E-state index contributed by atoms with van der Waals surface area (Å²) >= 11 is 3.55. The molecule has 2 aliphatic rings. The third-order valence-electron chi connectivity index (χ3n) is 3.30. The van der Waals surface area contributed by atoms with Gasteiger partial charge >= 0.3 is 0 Å². The Bertz CT molecular complexity index is 381. The highest BCUT2D eigenvalue weighted by Gasteiger charge is 2.30. The minimum atomic E-state index is 0.591. The second-order valence-electron chi connectivity index (χ2n) is 4.46. The molecule has 82 valence electrons. The van der Waals surface area contributed by atoms with Gasteiger partial charge in [-0.1, -0.05) is 0 Å². The summed E-state index contributed by atoms with van der Waals surface area (Å²) in [7, 11) is 2.16. The van der Waals surface area contributed by atoms with E-state index in [0.29, 0.717) is 6.04 Å². The lowest BCUT2D eigenvalue weighted by Crippen LogP contribution is -2.46. The van der Waals surface area contributed by atoms with E-state index in [2.05, 4.69) is 43.0 Å². The highest BCUT2D eigenvalue weighted by atomic mass is 79.9. The zero-order valence-corrected chi connectivity index (χ0v) is 10.4. The molecule has 0 radical (unpaired) electrons. The summed E-state index contributed by atoms with van der Waals surface area (Å²) in [6.45, 7) is 4.30. The van der Waals surface area contributed by atoms with Crippen molar-refractivity contribution >= 4 is 15.9 Å². The second-order valence-corrected chi connectivity index (χ2v) is 5.21. The monoisotopic (exact) mass is 270 g/mol. The number of rotatable bonds is 1. The Morgan fingerprint density at radius 3 is 3.00 bits per heavy atom. The summed E-state index contributed by atoms with van der Waals surface area (Å²) in [6.07, 6.45) is 1.11. The molecule has 1 aromatic heterocycles. The first-order chi connectivity index (χ1) is 7.25. The molecule has 15 heavy (non-hydrogen) atoms. The molecule has 1 fully saturated rings. The molecule has 4 nitrogen and oxygen atoms in total. The van der Waals surface area contributed by atoms with E-state index in [9.17, 15) is 0 Å². The van der Waals surface area contributed by atoms with Crippen LogP contribution in [0.15, 0.2) is 4.60 Å². The molecule has 0 spiro atoms. The number of likely N-dealkylation sites (N-methyl/N-ethyl adjacent to an activating group) is 1. The number of fused-ring (bicyclic) bond motifs is 1. The predicted octanol–water partition coefficient (Wildman–Crippen LogP) is 0.778. The summed E-state index contributed by atoms with van der Waals surface area (Å²) < 4.78 is 3.26. The van der Waals surface area contributed by atoms with Crippen molar-refractivity contribution in [3.05, 3.63) is 15.9 Å². The highest BCUT2D eigenvalue weighted by Crippen LogP contribution is 2.28. The normalized spacial score (nSPS) is 22.5. The summed E-state index contributed by atoms with van der Waals surface area (Å²) in [5.74, 6) is 0. The Kier molecular flexibility index (Phi) is 2.34. The zero-order chi connectivity index (χ0) is 10.4. The average Bonchev–Trinajstić information content (AvgIpc) is 2.52. The van der Waals surface area contributed by atoms with Crippen LogP contribution in [0.1, 0.15) is 17.3 Å². The lowest BCUT2D eigenvalue weighted by Gasteiger charge is -2.37. The quantitative estimate of drug-likeness (QED) is 0.819. The van der Waals surface area contributed by atoms with Crippen molar-refractivity contribution in [3.8, 4) is 0 Å². The fourth-order valence-electron chi connectivity index (χ4n) is 2.46. The molecule has 0 atom stereocenters. The van der Waals surface area contributed by atoms with Crippen molar-refractivity contribution < 1.29 is 0 Å². The maximum absolute atomic E-state index is 4.62. The van der Waals surface area contributed by atoms with Crippen LogP contribution >= 0.6 is 15.9 Å². The Morgan fingerprint density at radius 2 is 2.27 bits per heavy atom. The van der Waals surface area contributed by atoms with Crippen LogP contribution in [0.3, 0.4) is 0 Å². The van der Waals surface area contributed by atoms with Gasteiger partial charge < -0.3 is 10.2 Å². The van der Waals surface area contributed by atoms with Crippen LogP contribution in [0.2, 0.25) is 0 Å². The number of hydrogen-bond donors (Lipinski definition) is 1. The zero-order valence-electron chi connectivity index (χ0n) is 8.83. The minimum absolute atomic E-state index is 0.591. The van der Waals surface area contributed by atoms with Gasteiger partial charge in [0.05, 0.1) is 6.04 Å². The van der Waals surface area contributed by atoms with Crippen LogP contribution in [-0.2, 0) is 13.0 Å². The molecule has 3 rings (SSSR count). The first-order valence-corrected chi connectivity index (χ1v) is 6.20. The van der Waals surface area contributed by atoms with Gasteiger partial charge in [0.1, 0.15) is 4.60 Å². The molecule has 0 unspecified atom stereocenters. The number of likely N-dealkylation sites (tertiary alicyclic amines) is 1. The highest BCUT2D eigenvalue weighted by molar-refractivity contribution is 9.10. The Morgan fingerprint density at radius 1 is 1.47 bits per heavy atom. The van der Waals surface area contributed by atoms with E-state index in [1.807, 2.05) is 0 Å². The van der Waals surface area contributed by atoms with Gasteiger partial charge in [-0.15, -0.1) is 0 Å². The SMILES string of the molecule is CN1CC(n2nc(Br)c3c2CCNC3)C1. The molecule has 0 aromatic carbocycles. The van der Waals surface area contributed by atoms with Gasteiger partial charge in [0, 0.05) is 43.9 Å². The van der Waals surface area contributed by atoms with Gasteiger partial charge in [-0.05, 0) is 23.0 Å². The molecule has 2 aliphatic heterocycles. The average molecular weight is 271 g/mol. The number of halogens is 1. The second kappa shape index (κ2) is 3.57. The lowest BCUT2D eigenvalue weighted by atomic mass is 10.1. The van der Waals surface area contributed by atoms with Crippen molar-refractivity contribution in [1.82, 2.24) is 20.0 Å². The topological polar surface area (TPSA) is 33.1 Å². The van der Waals surface area contributed by atoms with E-state index in [-0.39, 0.29) is 0 Å². The molecular weight excluding hydrogens is 256 g/mol. The van der Waals surface area contributed by atoms with Crippen molar-refractivity contribution in [3.63, 3.8) is 0 Å². The maximum Gasteiger partial charge on any atom is 0.132 e. The third kappa shape index (κ3) is 1.53. The van der Waals surface area contributed by atoms with Gasteiger partial charge in [-0.25, -0.2) is 0 Å². The van der Waals surface area contributed by atoms with Crippen molar-refractivity contribution in [2.24, 2.45) is 0 Å². The maximum atomic E-state index is 4.62. The fourth-order valence-corrected chi connectivity index (χ4v) is 3.00. The van der Waals surface area contributed by atoms with Crippen LogP contribution in [-0.4, -0.2) is 41.4 Å². The van der Waals surface area contributed by atoms with E-state index >= 15 is 0 Å². The molecule has 0 amide bonds. The summed E-state index contributed by atoms with van der Waals surface area (Å²) in [5.41, 5.74) is 2.79. The molecule has 1 saturated heterocycles. The fraction of sp³-hybridized carbons (Fsp3) is 0.700. The van der Waals surface area contributed by atoms with Gasteiger partial charge in [-0.3, -0.25) is 4.68 Å². The first-order valence-electron chi connectivity index (χ1n) is 5.40. The van der Waals surface area contributed by atoms with E-state index < -0.39 is 0 Å². The van der Waals surface area contributed by atoms with Gasteiger partial charge in [0.25, 0.3) is 0 Å². The Labute approximate surface area is 97.8 Å². The number of nitrogens with zero attached hydrogens (tertiary/aromatic N) is 3. The largest absolute Gasteiger partial charge is 0.312 e. The molecule has 0 aliphatic carbocycles. The van der Waals surface area contributed by atoms with E-state index in [4.69, 9.17) is 0 Å². The predicted molar refractivity (Wildman–Crippen MR) is 61.9 cm³/mol. The summed E-state index contributed by atoms with van der Waals surface area (Å²) in [4.78, 5) is 2.33. The Hall–Kier alpha value is -0.390. The van der Waals surface area contributed by atoms with Crippen molar-refractivity contribution in [2.45, 2.75) is 19.0 Å². The molecule has 1 aromatic rings. The van der Waals surface area contributed by atoms with E-state index in [0.717, 1.165) is 37.2 Å². The lowest BCUT2D eigenvalue weighted by molar-refractivity contribution is 0.127. The molecule has 0 saturated carbocycles. The number of aromatic nitrogens is 2. The van der Waals surface area contributed by atoms with Crippen LogP contribution in [0.5, 0.6) is 0 Å². The van der Waals surface area contributed by atoms with Crippen LogP contribution < -0.4 is 5.32 Å². The van der Waals surface area contributed by atoms with Gasteiger partial charge in [0.2, 0.25) is 0 Å². The molecule has 3 heterocycles. The summed E-state index contributed by atoms with van der Waals surface area (Å²) in [6, 6.07) is 0.591. The minimum Gasteiger partial charge on any atom is -0.312 e. The van der Waals surface area contributed by atoms with E-state index in [1.165, 1.54) is 11.3 Å². The van der Waals surface area contributed by atoms with Crippen molar-refractivity contribution in [1.29, 1.82) is 0 Å². The first kappa shape index (κ1) is 9.81. The van der Waals surface area contributed by atoms with Crippen LogP contribution in [0.25, 0.3) is 0 Å². The standard InChI is InChI=1S/C10H15BrN4/c1-14-5-7(6-14)15-9-2-3-12-4-8(9)10(11)13-15/h7,12H,2-6H2,1H3. The van der Waals surface area contributed by atoms with E-state index in [1.54, 1.807) is 0 Å². The van der Waals surface area contributed by atoms with Gasteiger partial charge in [-0.2, -0.15) is 5.10 Å². The molecule has 5 heteroatoms. The molecule has 1 N–H and O–H groups in total. The molecule has 0 bridgehead atoms.